The topological polar surface area (TPSA) is 85.3 Å². The first-order chi connectivity index (χ1) is 19.1. The lowest BCUT2D eigenvalue weighted by Gasteiger charge is -2.76. The zero-order valence-electron chi connectivity index (χ0n) is 22.0. The number of ether oxygens (including phenoxy) is 1. The Hall–Kier alpha value is -2.82. The van der Waals surface area contributed by atoms with Crippen molar-refractivity contribution in [2.75, 3.05) is 25.0 Å². The maximum atomic E-state index is 14.5. The fraction of sp³-hybridized carbons (Fsp3) is 0.567. The Kier molecular flexibility index (Phi) is 4.94. The minimum Gasteiger partial charge on any atom is -0.504 e. The number of phenols is 1. The Bertz CT molecular complexity index is 1400. The summed E-state index contributed by atoms with van der Waals surface area (Å²) in [6.07, 6.45) is -1.85. The average molecular weight is 556 g/mol. The summed E-state index contributed by atoms with van der Waals surface area (Å²) >= 11 is 0. The Labute approximate surface area is 229 Å². The number of phenolic OH excluding ortho intramolecular Hbond substituents is 1. The van der Waals surface area contributed by atoms with Gasteiger partial charge in [0.05, 0.1) is 17.5 Å². The molecule has 10 heteroatoms. The van der Waals surface area contributed by atoms with Gasteiger partial charge in [0.1, 0.15) is 17.7 Å². The molecule has 0 radical (unpaired) electrons. The van der Waals surface area contributed by atoms with E-state index >= 15 is 0 Å². The second-order valence-corrected chi connectivity index (χ2v) is 12.7. The maximum absolute atomic E-state index is 14.5. The fourth-order valence-corrected chi connectivity index (χ4v) is 9.43. The SMILES string of the molecule is O=C(Nc1ccccc1)[C@H]1N(CC(F)(F)F)[C@@]23CC[C@]1(O)[C@@H]1Oc4c(O)ccc5c4[C@@]12CCN(CC1CC1)[C@@H]3C5. The first kappa shape index (κ1) is 24.9. The van der Waals surface area contributed by atoms with E-state index in [0.717, 1.165) is 30.5 Å². The number of rotatable bonds is 5. The van der Waals surface area contributed by atoms with Crippen LogP contribution in [0.5, 0.6) is 11.5 Å². The monoisotopic (exact) mass is 555 g/mol. The van der Waals surface area contributed by atoms with Gasteiger partial charge in [-0.1, -0.05) is 24.3 Å². The largest absolute Gasteiger partial charge is 0.504 e. The normalized spacial score (nSPS) is 37.6. The van der Waals surface area contributed by atoms with Crippen molar-refractivity contribution in [3.8, 4) is 11.5 Å². The molecule has 3 N–H and O–H groups in total. The van der Waals surface area contributed by atoms with Crippen LogP contribution in [-0.4, -0.2) is 81.1 Å². The Morgan fingerprint density at radius 3 is 2.60 bits per heavy atom. The predicted octanol–water partition coefficient (Wildman–Crippen LogP) is 3.58. The van der Waals surface area contributed by atoms with Gasteiger partial charge in [-0.15, -0.1) is 0 Å². The van der Waals surface area contributed by atoms with Crippen molar-refractivity contribution in [2.24, 2.45) is 5.92 Å². The fourth-order valence-electron chi connectivity index (χ4n) is 9.43. The van der Waals surface area contributed by atoms with Crippen LogP contribution in [0.15, 0.2) is 42.5 Å². The molecule has 4 heterocycles. The number of piperidine rings is 3. The Morgan fingerprint density at radius 1 is 1.10 bits per heavy atom. The number of likely N-dealkylation sites (tertiary alicyclic amines) is 1. The van der Waals surface area contributed by atoms with Gasteiger partial charge in [-0.2, -0.15) is 13.2 Å². The second-order valence-electron chi connectivity index (χ2n) is 12.7. The van der Waals surface area contributed by atoms with E-state index in [1.807, 2.05) is 6.07 Å². The van der Waals surface area contributed by atoms with E-state index in [4.69, 9.17) is 4.74 Å². The molecule has 7 aliphatic rings. The van der Waals surface area contributed by atoms with Gasteiger partial charge in [-0.3, -0.25) is 14.6 Å². The molecular weight excluding hydrogens is 523 g/mol. The van der Waals surface area contributed by atoms with Crippen molar-refractivity contribution >= 4 is 11.6 Å². The number of fused-ring (bicyclic) bond motifs is 2. The number of carbonyl (C=O) groups excluding carboxylic acids is 1. The highest BCUT2D eigenvalue weighted by molar-refractivity contribution is 5.96. The van der Waals surface area contributed by atoms with E-state index < -0.39 is 47.3 Å². The average Bonchev–Trinajstić information content (AvgIpc) is 3.64. The van der Waals surface area contributed by atoms with Crippen LogP contribution in [0.25, 0.3) is 0 Å². The molecule has 6 atom stereocenters. The lowest BCUT2D eigenvalue weighted by atomic mass is 9.41. The Morgan fingerprint density at radius 2 is 1.88 bits per heavy atom. The molecule has 2 saturated carbocycles. The standard InChI is InChI=1S/C30H32F3N3O4/c31-30(32,33)16-36-24(25(38)34-19-4-2-1-3-5-19)28(39)10-11-29(36)21-14-18-8-9-20(37)23-22(18)27(29,26(28)40-23)12-13-35(21)15-17-6-7-17/h1-5,8-9,17,21,24,26,37,39H,6-7,10-16H2,(H,34,38)/t21-,24-,26-,27+,28-,29-/m1/s1. The molecule has 212 valence electrons. The van der Waals surface area contributed by atoms with Gasteiger partial charge in [0.15, 0.2) is 11.5 Å². The quantitative estimate of drug-likeness (QED) is 0.523. The van der Waals surface area contributed by atoms with Crippen LogP contribution >= 0.6 is 0 Å². The van der Waals surface area contributed by atoms with Gasteiger partial charge in [0, 0.05) is 23.8 Å². The van der Waals surface area contributed by atoms with Gasteiger partial charge in [0.2, 0.25) is 5.91 Å². The molecule has 0 aromatic heterocycles. The van der Waals surface area contributed by atoms with E-state index in [-0.39, 0.29) is 24.0 Å². The summed E-state index contributed by atoms with van der Waals surface area (Å²) in [5.74, 6) is 0.0491. The summed E-state index contributed by atoms with van der Waals surface area (Å²) in [4.78, 5) is 17.7. The van der Waals surface area contributed by atoms with Crippen LogP contribution in [0, 0.1) is 5.92 Å². The van der Waals surface area contributed by atoms with Gasteiger partial charge >= 0.3 is 6.18 Å². The molecular formula is C30H32F3N3O4. The van der Waals surface area contributed by atoms with Crippen molar-refractivity contribution in [1.82, 2.24) is 9.80 Å². The van der Waals surface area contributed by atoms with E-state index in [1.165, 1.54) is 4.90 Å². The third-order valence-electron chi connectivity index (χ3n) is 10.8. The summed E-state index contributed by atoms with van der Waals surface area (Å²) in [5.41, 5.74) is -1.82. The van der Waals surface area contributed by atoms with Gasteiger partial charge in [0.25, 0.3) is 0 Å². The first-order valence-corrected chi connectivity index (χ1v) is 14.3. The smallest absolute Gasteiger partial charge is 0.401 e. The van der Waals surface area contributed by atoms with Crippen molar-refractivity contribution in [1.29, 1.82) is 0 Å². The maximum Gasteiger partial charge on any atom is 0.401 e. The molecule has 4 aliphatic heterocycles. The van der Waals surface area contributed by atoms with Crippen molar-refractivity contribution in [3.05, 3.63) is 53.6 Å². The van der Waals surface area contributed by atoms with Crippen LogP contribution in [-0.2, 0) is 16.6 Å². The third-order valence-corrected chi connectivity index (χ3v) is 10.8. The number of nitrogens with one attached hydrogen (secondary N) is 1. The zero-order chi connectivity index (χ0) is 27.7. The second kappa shape index (κ2) is 7.92. The number of amides is 1. The summed E-state index contributed by atoms with van der Waals surface area (Å²) in [7, 11) is 0. The molecule has 9 rings (SSSR count). The minimum absolute atomic E-state index is 0.0767. The number of hydrogen-bond donors (Lipinski definition) is 3. The number of alkyl halides is 3. The number of nitrogens with zero attached hydrogens (tertiary/aromatic N) is 2. The van der Waals surface area contributed by atoms with E-state index in [2.05, 4.69) is 10.2 Å². The number of carbonyl (C=O) groups is 1. The molecule has 2 aromatic carbocycles. The number of anilines is 1. The van der Waals surface area contributed by atoms with Crippen molar-refractivity contribution in [3.63, 3.8) is 0 Å². The summed E-state index contributed by atoms with van der Waals surface area (Å²) < 4.78 is 50.1. The highest BCUT2D eigenvalue weighted by Gasteiger charge is 2.84. The lowest BCUT2D eigenvalue weighted by Crippen LogP contribution is -2.92. The van der Waals surface area contributed by atoms with Crippen LogP contribution in [0.4, 0.5) is 18.9 Å². The molecule has 40 heavy (non-hydrogen) atoms. The molecule has 3 saturated heterocycles. The number of para-hydroxylation sites is 1. The van der Waals surface area contributed by atoms with Crippen LogP contribution in [0.1, 0.15) is 43.2 Å². The van der Waals surface area contributed by atoms with Gasteiger partial charge in [-0.05, 0) is 74.8 Å². The van der Waals surface area contributed by atoms with E-state index in [9.17, 15) is 28.2 Å². The van der Waals surface area contributed by atoms with Crippen molar-refractivity contribution in [2.45, 2.75) is 79.4 Å². The molecule has 4 bridgehead atoms. The van der Waals surface area contributed by atoms with E-state index in [1.54, 1.807) is 36.4 Å². The molecule has 7 nitrogen and oxygen atoms in total. The number of benzene rings is 2. The molecule has 2 aromatic rings. The summed E-state index contributed by atoms with van der Waals surface area (Å²) in [6.45, 7) is 0.182. The molecule has 0 unspecified atom stereocenters. The first-order valence-electron chi connectivity index (χ1n) is 14.3. The van der Waals surface area contributed by atoms with Crippen LogP contribution < -0.4 is 10.1 Å². The number of aliphatic hydroxyl groups is 1. The van der Waals surface area contributed by atoms with Crippen LogP contribution in [0.3, 0.4) is 0 Å². The lowest BCUT2D eigenvalue weighted by molar-refractivity contribution is -0.302. The molecule has 3 aliphatic carbocycles. The number of hydrogen-bond acceptors (Lipinski definition) is 6. The summed E-state index contributed by atoms with van der Waals surface area (Å²) in [6, 6.07) is 10.3. The molecule has 2 spiro atoms. The predicted molar refractivity (Wildman–Crippen MR) is 139 cm³/mol. The minimum atomic E-state index is -4.60. The third kappa shape index (κ3) is 3.04. The van der Waals surface area contributed by atoms with Crippen LogP contribution in [0.2, 0.25) is 0 Å². The Balaban J connectivity index is 1.35. The highest BCUT2D eigenvalue weighted by atomic mass is 19.4. The number of aromatic hydroxyl groups is 1. The zero-order valence-corrected chi connectivity index (χ0v) is 22.0. The van der Waals surface area contributed by atoms with Gasteiger partial charge in [-0.25, -0.2) is 0 Å². The summed E-state index contributed by atoms with van der Waals surface area (Å²) in [5, 5.41) is 26.2. The van der Waals surface area contributed by atoms with Gasteiger partial charge < -0.3 is 20.3 Å². The molecule has 5 fully saturated rings. The van der Waals surface area contributed by atoms with Crippen molar-refractivity contribution < 1.29 is 32.9 Å². The molecule has 1 amide bonds. The highest BCUT2D eigenvalue weighted by Crippen LogP contribution is 2.72. The van der Waals surface area contributed by atoms with E-state index in [0.29, 0.717) is 37.4 Å². The number of halogens is 3.